The summed E-state index contributed by atoms with van der Waals surface area (Å²) in [5, 5.41) is 35.7. The Morgan fingerprint density at radius 3 is 0.600 bits per heavy atom. The molecule has 0 aliphatic heterocycles. The topological polar surface area (TPSA) is 92.2 Å². The van der Waals surface area contributed by atoms with Crippen LogP contribution in [0.2, 0.25) is 0 Å². The molecule has 4 nitrogen and oxygen atoms in total. The Labute approximate surface area is 145 Å². The van der Waals surface area contributed by atoms with Crippen molar-refractivity contribution in [2.45, 2.75) is 27.7 Å². The van der Waals surface area contributed by atoms with E-state index in [4.69, 9.17) is 20.4 Å². The third-order valence-electron chi connectivity index (χ3n) is 0. The average molecular weight is 479 g/mol. The molecular weight excluding hydrogens is 457 g/mol. The monoisotopic (exact) mass is 477 g/mol. The molecule has 0 aliphatic carbocycles. The van der Waals surface area contributed by atoms with Gasteiger partial charge in [0.1, 0.15) is 0 Å². The van der Waals surface area contributed by atoms with Gasteiger partial charge in [-0.15, -0.1) is 26.4 Å². The van der Waals surface area contributed by atoms with Gasteiger partial charge in [0.05, 0.1) is 0 Å². The van der Waals surface area contributed by atoms with E-state index in [1.165, 1.54) is 0 Å². The van der Waals surface area contributed by atoms with E-state index >= 15 is 0 Å². The standard InChI is InChI=1S/4C2H5O.Mg.Ta.Zr.2H/c4*1-2-3;;;;;/h4*2H2,1H3;;;;;/q4*-1;;;+4;;. The minimum atomic E-state index is 0. The van der Waals surface area contributed by atoms with Crippen molar-refractivity contribution in [2.75, 3.05) is 26.4 Å². The SMILES string of the molecule is CC[O-].CC[O-].CC[O-].CC[O-].[MgH2].[Ta].[Zr+4]. The van der Waals surface area contributed by atoms with Gasteiger partial charge in [-0.25, -0.2) is 0 Å². The molecule has 0 saturated carbocycles. The summed E-state index contributed by atoms with van der Waals surface area (Å²) in [5.41, 5.74) is 0. The van der Waals surface area contributed by atoms with Gasteiger partial charge in [0.2, 0.25) is 0 Å². The van der Waals surface area contributed by atoms with Gasteiger partial charge in [-0.2, -0.15) is 0 Å². The molecule has 0 amide bonds. The molecule has 0 aromatic carbocycles. The van der Waals surface area contributed by atoms with Gasteiger partial charge >= 0.3 is 49.3 Å². The number of hydrogen-bond donors (Lipinski definition) is 0. The van der Waals surface area contributed by atoms with Crippen LogP contribution in [0.5, 0.6) is 0 Å². The second kappa shape index (κ2) is 97.0. The fraction of sp³-hybridized carbons (Fsp3) is 1.00. The molecule has 89 valence electrons. The van der Waals surface area contributed by atoms with Crippen molar-refractivity contribution in [1.29, 1.82) is 0 Å². The Bertz CT molecular complexity index is 34.6. The van der Waals surface area contributed by atoms with Crippen molar-refractivity contribution < 1.29 is 69.0 Å². The first kappa shape index (κ1) is 43.4. The van der Waals surface area contributed by atoms with Crippen LogP contribution in [-0.4, -0.2) is 49.5 Å². The minimum absolute atomic E-state index is 0. The van der Waals surface area contributed by atoms with Crippen molar-refractivity contribution in [3.05, 3.63) is 0 Å². The summed E-state index contributed by atoms with van der Waals surface area (Å²) in [6.07, 6.45) is 0. The van der Waals surface area contributed by atoms with Crippen molar-refractivity contribution in [2.24, 2.45) is 0 Å². The molecule has 0 aromatic heterocycles. The zero-order valence-corrected chi connectivity index (χ0v) is 15.1. The van der Waals surface area contributed by atoms with Crippen LogP contribution in [0, 0.1) is 0 Å². The summed E-state index contributed by atoms with van der Waals surface area (Å²) in [4.78, 5) is 0. The molecule has 0 aromatic rings. The van der Waals surface area contributed by atoms with E-state index in [-0.39, 0.29) is 98.1 Å². The van der Waals surface area contributed by atoms with Crippen LogP contribution in [0.4, 0.5) is 0 Å². The number of rotatable bonds is 0. The van der Waals surface area contributed by atoms with E-state index in [2.05, 4.69) is 0 Å². The second-order valence-corrected chi connectivity index (χ2v) is 1.15. The Morgan fingerprint density at radius 1 is 0.600 bits per heavy atom. The maximum atomic E-state index is 8.93. The van der Waals surface area contributed by atoms with E-state index < -0.39 is 0 Å². The van der Waals surface area contributed by atoms with Gasteiger partial charge in [0.25, 0.3) is 0 Å². The van der Waals surface area contributed by atoms with Gasteiger partial charge in [-0.05, 0) is 0 Å². The van der Waals surface area contributed by atoms with E-state index in [9.17, 15) is 0 Å². The summed E-state index contributed by atoms with van der Waals surface area (Å²) < 4.78 is 0. The molecule has 0 saturated heterocycles. The molecule has 0 bridgehead atoms. The van der Waals surface area contributed by atoms with Crippen molar-refractivity contribution in [1.82, 2.24) is 0 Å². The first-order valence-electron chi connectivity index (χ1n) is 3.98. The van der Waals surface area contributed by atoms with E-state index in [0.717, 1.165) is 0 Å². The van der Waals surface area contributed by atoms with Crippen molar-refractivity contribution in [3.63, 3.8) is 0 Å². The first-order valence-corrected chi connectivity index (χ1v) is 3.98. The fourth-order valence-corrected chi connectivity index (χ4v) is 0. The van der Waals surface area contributed by atoms with Crippen LogP contribution in [0.25, 0.3) is 0 Å². The smallest absolute Gasteiger partial charge is 0.855 e. The molecule has 1 radical (unpaired) electrons. The van der Waals surface area contributed by atoms with Crippen LogP contribution >= 0.6 is 0 Å². The maximum Gasteiger partial charge on any atom is 4.00 e. The molecule has 0 aliphatic rings. The normalized spacial score (nSPS) is 4.80. The third-order valence-corrected chi connectivity index (χ3v) is 0. The summed E-state index contributed by atoms with van der Waals surface area (Å²) in [7, 11) is 0. The molecule has 15 heavy (non-hydrogen) atoms. The average Bonchev–Trinajstić information content (AvgIpc) is 1.92. The van der Waals surface area contributed by atoms with Crippen LogP contribution in [0.15, 0.2) is 0 Å². The second-order valence-electron chi connectivity index (χ2n) is 1.15. The van der Waals surface area contributed by atoms with Gasteiger partial charge in [-0.3, -0.25) is 0 Å². The summed E-state index contributed by atoms with van der Waals surface area (Å²) in [5.74, 6) is 0. The largest absolute Gasteiger partial charge is 4.00 e. The molecular formula is C8H22MgO4TaZr. The van der Waals surface area contributed by atoms with Gasteiger partial charge in [-0.1, -0.05) is 27.7 Å². The molecule has 0 spiro atoms. The molecule has 0 atom stereocenters. The fourth-order valence-electron chi connectivity index (χ4n) is 0. The maximum absolute atomic E-state index is 8.93. The van der Waals surface area contributed by atoms with Crippen LogP contribution in [-0.2, 0) is 48.6 Å². The van der Waals surface area contributed by atoms with Crippen molar-refractivity contribution in [3.8, 4) is 0 Å². The first-order chi connectivity index (χ1) is 5.66. The van der Waals surface area contributed by atoms with Crippen LogP contribution in [0.1, 0.15) is 27.7 Å². The Balaban J connectivity index is -0.0000000107. The quantitative estimate of drug-likeness (QED) is 0.339. The van der Waals surface area contributed by atoms with Gasteiger partial charge in [0, 0.05) is 22.4 Å². The van der Waals surface area contributed by atoms with E-state index in [1.807, 2.05) is 0 Å². The molecule has 7 heteroatoms. The predicted octanol–water partition coefficient (Wildman–Crippen LogP) is -3.45. The van der Waals surface area contributed by atoms with Crippen LogP contribution < -0.4 is 20.4 Å². The zero-order chi connectivity index (χ0) is 10.8. The predicted molar refractivity (Wildman–Crippen MR) is 50.7 cm³/mol. The molecule has 0 unspecified atom stereocenters. The Kier molecular flexibility index (Phi) is 280. The Hall–Kier alpha value is 2.23. The molecule has 0 rings (SSSR count). The summed E-state index contributed by atoms with van der Waals surface area (Å²) in [6, 6.07) is 0. The molecule has 0 heterocycles. The summed E-state index contributed by atoms with van der Waals surface area (Å²) >= 11 is 0. The third kappa shape index (κ3) is 661. The van der Waals surface area contributed by atoms with Crippen molar-refractivity contribution >= 4 is 23.1 Å². The Morgan fingerprint density at radius 2 is 0.600 bits per heavy atom. The van der Waals surface area contributed by atoms with E-state index in [1.54, 1.807) is 27.7 Å². The zero-order valence-electron chi connectivity index (χ0n) is 9.41. The van der Waals surface area contributed by atoms with Gasteiger partial charge < -0.3 is 20.4 Å². The molecule has 0 fully saturated rings. The number of hydrogen-bond acceptors (Lipinski definition) is 4. The van der Waals surface area contributed by atoms with Crippen LogP contribution in [0.3, 0.4) is 0 Å². The van der Waals surface area contributed by atoms with Gasteiger partial charge in [0.15, 0.2) is 0 Å². The summed E-state index contributed by atoms with van der Waals surface area (Å²) in [6.45, 7) is 6.28. The van der Waals surface area contributed by atoms with E-state index in [0.29, 0.717) is 0 Å². The minimum Gasteiger partial charge on any atom is -0.855 e. The molecule has 0 N–H and O–H groups in total.